The summed E-state index contributed by atoms with van der Waals surface area (Å²) in [6.45, 7) is 0. The molecule has 140 valence electrons. The van der Waals surface area contributed by atoms with E-state index in [0.29, 0.717) is 0 Å². The van der Waals surface area contributed by atoms with Crippen molar-refractivity contribution >= 4 is 27.4 Å². The van der Waals surface area contributed by atoms with E-state index in [-0.39, 0.29) is 10.8 Å². The zero-order valence-electron chi connectivity index (χ0n) is 13.1. The number of hydrogen-bond acceptors (Lipinski definition) is 5. The first-order valence-corrected chi connectivity index (χ1v) is 9.23. The third kappa shape index (κ3) is 4.67. The first-order valence-electron chi connectivity index (χ1n) is 6.97. The van der Waals surface area contributed by atoms with Gasteiger partial charge >= 0.3 is 0 Å². The average molecular weight is 408 g/mol. The van der Waals surface area contributed by atoms with E-state index < -0.39 is 56.2 Å². The van der Waals surface area contributed by atoms with E-state index in [4.69, 9.17) is 16.3 Å². The van der Waals surface area contributed by atoms with Gasteiger partial charge in [-0.15, -0.1) is 0 Å². The molecule has 0 N–H and O–H groups in total. The molecule has 2 aromatic rings. The maximum Gasteiger partial charge on any atom is 0.267 e. The SMILES string of the molecule is CS(=O)(=O)c1ccc(Oc2cc(F)cc(Cl)c2)c(C(F)F)c1CC(=O)[O-]. The van der Waals surface area contributed by atoms with Crippen LogP contribution in [0.5, 0.6) is 11.5 Å². The highest BCUT2D eigenvalue weighted by Crippen LogP contribution is 2.39. The molecule has 10 heteroatoms. The van der Waals surface area contributed by atoms with E-state index >= 15 is 0 Å². The number of carboxylic acid groups (broad SMARTS) is 1. The van der Waals surface area contributed by atoms with Crippen molar-refractivity contribution in [3.05, 3.63) is 52.3 Å². The summed E-state index contributed by atoms with van der Waals surface area (Å²) in [5.74, 6) is -3.27. The Morgan fingerprint density at radius 2 is 1.92 bits per heavy atom. The molecular weight excluding hydrogens is 397 g/mol. The van der Waals surface area contributed by atoms with E-state index in [9.17, 15) is 31.5 Å². The zero-order chi connectivity index (χ0) is 19.6. The number of carboxylic acids is 1. The monoisotopic (exact) mass is 407 g/mol. The molecular formula is C16H11ClF3O5S-. The van der Waals surface area contributed by atoms with Crippen molar-refractivity contribution in [2.45, 2.75) is 17.7 Å². The molecule has 0 aliphatic heterocycles. The van der Waals surface area contributed by atoms with Crippen molar-refractivity contribution in [1.29, 1.82) is 0 Å². The number of carbonyl (C=O) groups excluding carboxylic acids is 1. The Morgan fingerprint density at radius 3 is 2.42 bits per heavy atom. The van der Waals surface area contributed by atoms with E-state index in [0.717, 1.165) is 36.6 Å². The number of halogens is 4. The highest BCUT2D eigenvalue weighted by atomic mass is 35.5. The molecule has 0 atom stereocenters. The minimum Gasteiger partial charge on any atom is -0.550 e. The van der Waals surface area contributed by atoms with Gasteiger partial charge in [0, 0.05) is 29.7 Å². The molecule has 0 fully saturated rings. The highest BCUT2D eigenvalue weighted by Gasteiger charge is 2.26. The van der Waals surface area contributed by atoms with Gasteiger partial charge in [0.15, 0.2) is 9.84 Å². The van der Waals surface area contributed by atoms with Crippen molar-refractivity contribution < 1.29 is 36.2 Å². The van der Waals surface area contributed by atoms with E-state index in [2.05, 4.69) is 0 Å². The molecule has 26 heavy (non-hydrogen) atoms. The number of alkyl halides is 2. The third-order valence-corrected chi connectivity index (χ3v) is 4.68. The topological polar surface area (TPSA) is 83.5 Å². The Morgan fingerprint density at radius 1 is 1.27 bits per heavy atom. The van der Waals surface area contributed by atoms with Gasteiger partial charge in [0.05, 0.1) is 10.5 Å². The van der Waals surface area contributed by atoms with Gasteiger partial charge in [0.2, 0.25) is 0 Å². The number of ether oxygens (including phenoxy) is 1. The maximum atomic E-state index is 13.6. The quantitative estimate of drug-likeness (QED) is 0.735. The van der Waals surface area contributed by atoms with Crippen molar-refractivity contribution in [1.82, 2.24) is 0 Å². The molecule has 0 aliphatic carbocycles. The summed E-state index contributed by atoms with van der Waals surface area (Å²) >= 11 is 5.67. The summed E-state index contributed by atoms with van der Waals surface area (Å²) in [6.07, 6.45) is -3.57. The number of sulfone groups is 1. The van der Waals surface area contributed by atoms with Gasteiger partial charge in [0.25, 0.3) is 6.43 Å². The Bertz CT molecular complexity index is 940. The second-order valence-corrected chi connectivity index (χ2v) is 7.70. The minimum atomic E-state index is -4.00. The molecule has 0 aliphatic rings. The van der Waals surface area contributed by atoms with E-state index in [1.54, 1.807) is 0 Å². The lowest BCUT2D eigenvalue weighted by Crippen LogP contribution is -2.26. The number of aliphatic carboxylic acids is 1. The van der Waals surface area contributed by atoms with Crippen LogP contribution >= 0.6 is 11.6 Å². The standard InChI is InChI=1S/C16H12ClF3O5S/c1-26(23,24)13-3-2-12(15(16(19)20)11(13)7-14(21)22)25-10-5-8(17)4-9(18)6-10/h2-6,16H,7H2,1H3,(H,21,22)/p-1. The van der Waals surface area contributed by atoms with Crippen molar-refractivity contribution in [2.75, 3.05) is 6.26 Å². The van der Waals surface area contributed by atoms with Crippen LogP contribution in [0.4, 0.5) is 13.2 Å². The largest absolute Gasteiger partial charge is 0.550 e. The maximum absolute atomic E-state index is 13.6. The van der Waals surface area contributed by atoms with Crippen molar-refractivity contribution in [3.8, 4) is 11.5 Å². The van der Waals surface area contributed by atoms with Gasteiger partial charge in [-0.1, -0.05) is 11.6 Å². The smallest absolute Gasteiger partial charge is 0.267 e. The summed E-state index contributed by atoms with van der Waals surface area (Å²) in [5, 5.41) is 10.9. The Balaban J connectivity index is 2.68. The zero-order valence-corrected chi connectivity index (χ0v) is 14.7. The first kappa shape index (κ1) is 20.1. The number of hydrogen-bond donors (Lipinski definition) is 0. The summed E-state index contributed by atoms with van der Waals surface area (Å²) in [7, 11) is -4.00. The van der Waals surface area contributed by atoms with Crippen LogP contribution in [0, 0.1) is 5.82 Å². The fourth-order valence-corrected chi connectivity index (χ4v) is 3.50. The van der Waals surface area contributed by atoms with Gasteiger partial charge in [-0.05, 0) is 29.8 Å². The highest BCUT2D eigenvalue weighted by molar-refractivity contribution is 7.90. The first-order chi connectivity index (χ1) is 12.0. The summed E-state index contributed by atoms with van der Waals surface area (Å²) in [6, 6.07) is 4.88. The van der Waals surface area contributed by atoms with Gasteiger partial charge in [0.1, 0.15) is 17.3 Å². The number of carbonyl (C=O) groups is 1. The molecule has 0 heterocycles. The molecule has 0 unspecified atom stereocenters. The Kier molecular flexibility index (Phi) is 5.82. The molecule has 0 aromatic heterocycles. The Labute approximate surface area is 151 Å². The molecule has 0 bridgehead atoms. The molecule has 2 aromatic carbocycles. The lowest BCUT2D eigenvalue weighted by molar-refractivity contribution is -0.304. The van der Waals surface area contributed by atoms with Gasteiger partial charge < -0.3 is 14.6 Å². The minimum absolute atomic E-state index is 0.0543. The van der Waals surface area contributed by atoms with Crippen LogP contribution in [-0.4, -0.2) is 20.6 Å². The van der Waals surface area contributed by atoms with Gasteiger partial charge in [-0.3, -0.25) is 0 Å². The normalized spacial score (nSPS) is 11.6. The van der Waals surface area contributed by atoms with Crippen LogP contribution in [0.3, 0.4) is 0 Å². The summed E-state index contributed by atoms with van der Waals surface area (Å²) in [5.41, 5.74) is -1.58. The average Bonchev–Trinajstić information content (AvgIpc) is 2.43. The third-order valence-electron chi connectivity index (χ3n) is 3.28. The molecule has 0 amide bonds. The molecule has 0 spiro atoms. The van der Waals surface area contributed by atoms with Gasteiger partial charge in [-0.25, -0.2) is 21.6 Å². The summed E-state index contributed by atoms with van der Waals surface area (Å²) in [4.78, 5) is 10.3. The van der Waals surface area contributed by atoms with Crippen LogP contribution in [0.2, 0.25) is 5.02 Å². The molecule has 2 rings (SSSR count). The van der Waals surface area contributed by atoms with Crippen molar-refractivity contribution in [3.63, 3.8) is 0 Å². The lowest BCUT2D eigenvalue weighted by atomic mass is 10.0. The van der Waals surface area contributed by atoms with Gasteiger partial charge in [-0.2, -0.15) is 0 Å². The van der Waals surface area contributed by atoms with Crippen LogP contribution in [0.15, 0.2) is 35.2 Å². The number of rotatable bonds is 6. The number of benzene rings is 2. The molecule has 5 nitrogen and oxygen atoms in total. The van der Waals surface area contributed by atoms with Crippen LogP contribution < -0.4 is 9.84 Å². The molecule has 0 saturated carbocycles. The Hall–Kier alpha value is -2.26. The fourth-order valence-electron chi connectivity index (χ4n) is 2.34. The van der Waals surface area contributed by atoms with E-state index in [1.807, 2.05) is 0 Å². The predicted molar refractivity (Wildman–Crippen MR) is 84.7 cm³/mol. The van der Waals surface area contributed by atoms with Crippen LogP contribution in [0.1, 0.15) is 17.6 Å². The van der Waals surface area contributed by atoms with E-state index in [1.165, 1.54) is 0 Å². The van der Waals surface area contributed by atoms with Crippen LogP contribution in [0.25, 0.3) is 0 Å². The molecule has 0 saturated heterocycles. The van der Waals surface area contributed by atoms with Crippen LogP contribution in [-0.2, 0) is 21.1 Å². The second-order valence-electron chi connectivity index (χ2n) is 5.28. The molecule has 0 radical (unpaired) electrons. The second kappa shape index (κ2) is 7.55. The fraction of sp³-hybridized carbons (Fsp3) is 0.188. The lowest BCUT2D eigenvalue weighted by Gasteiger charge is -2.18. The van der Waals surface area contributed by atoms with Crippen molar-refractivity contribution in [2.24, 2.45) is 0 Å². The predicted octanol–water partition coefficient (Wildman–Crippen LogP) is 2.90. The summed E-state index contributed by atoms with van der Waals surface area (Å²) < 4.78 is 69.4.